The first-order chi connectivity index (χ1) is 8.92. The molecule has 1 fully saturated rings. The average Bonchev–Trinajstić information content (AvgIpc) is 2.92. The Morgan fingerprint density at radius 2 is 2.00 bits per heavy atom. The van der Waals surface area contributed by atoms with Gasteiger partial charge in [-0.25, -0.2) is 4.98 Å². The fourth-order valence-corrected chi connectivity index (χ4v) is 2.30. The van der Waals surface area contributed by atoms with Crippen molar-refractivity contribution in [3.8, 4) is 6.01 Å². The minimum Gasteiger partial charge on any atom is -0.462 e. The maximum absolute atomic E-state index is 5.61. The molecular weight excluding hydrogens is 226 g/mol. The summed E-state index contributed by atoms with van der Waals surface area (Å²) >= 11 is 0. The van der Waals surface area contributed by atoms with Crippen molar-refractivity contribution >= 4 is 10.9 Å². The highest BCUT2D eigenvalue weighted by molar-refractivity contribution is 5.77. The third-order valence-corrected chi connectivity index (χ3v) is 3.30. The van der Waals surface area contributed by atoms with Gasteiger partial charge in [0, 0.05) is 18.1 Å². The quantitative estimate of drug-likeness (QED) is 0.824. The van der Waals surface area contributed by atoms with Gasteiger partial charge in [0.15, 0.2) is 0 Å². The molecule has 0 bridgehead atoms. The first-order valence-electron chi connectivity index (χ1n) is 6.49. The van der Waals surface area contributed by atoms with E-state index < -0.39 is 0 Å². The molecule has 0 radical (unpaired) electrons. The molecule has 1 aromatic heterocycles. The van der Waals surface area contributed by atoms with Crippen LogP contribution in [0, 0.1) is 0 Å². The number of rotatable bonds is 4. The molecule has 3 rings (SSSR count). The molecule has 1 saturated heterocycles. The smallest absolute Gasteiger partial charge is 0.316 e. The van der Waals surface area contributed by atoms with Crippen LogP contribution in [0.1, 0.15) is 12.8 Å². The summed E-state index contributed by atoms with van der Waals surface area (Å²) in [6.45, 7) is 4.03. The molecule has 0 aliphatic carbocycles. The van der Waals surface area contributed by atoms with Gasteiger partial charge in [-0.1, -0.05) is 18.2 Å². The Labute approximate surface area is 107 Å². The van der Waals surface area contributed by atoms with Crippen molar-refractivity contribution in [1.82, 2.24) is 14.9 Å². The van der Waals surface area contributed by atoms with Crippen molar-refractivity contribution in [2.75, 3.05) is 26.2 Å². The van der Waals surface area contributed by atoms with Crippen LogP contribution in [-0.4, -0.2) is 41.1 Å². The molecule has 0 unspecified atom stereocenters. The van der Waals surface area contributed by atoms with Gasteiger partial charge in [0.05, 0.1) is 5.52 Å². The predicted octanol–water partition coefficient (Wildman–Crippen LogP) is 2.10. The van der Waals surface area contributed by atoms with Crippen molar-refractivity contribution in [3.63, 3.8) is 0 Å². The number of hydrogen-bond acceptors (Lipinski definition) is 4. The fraction of sp³-hybridized carbons (Fsp3) is 0.429. The van der Waals surface area contributed by atoms with Gasteiger partial charge in [-0.3, -0.25) is 4.90 Å². The molecule has 1 aliphatic heterocycles. The number of hydrogen-bond donors (Lipinski definition) is 0. The van der Waals surface area contributed by atoms with Crippen LogP contribution in [0.3, 0.4) is 0 Å². The predicted molar refractivity (Wildman–Crippen MR) is 70.7 cm³/mol. The zero-order valence-electron chi connectivity index (χ0n) is 10.4. The Kier molecular flexibility index (Phi) is 3.37. The Morgan fingerprint density at radius 1 is 1.17 bits per heavy atom. The second kappa shape index (κ2) is 5.31. The third kappa shape index (κ3) is 2.59. The first kappa shape index (κ1) is 11.4. The summed E-state index contributed by atoms with van der Waals surface area (Å²) in [7, 11) is 0. The lowest BCUT2D eigenvalue weighted by Gasteiger charge is -2.14. The molecule has 0 atom stereocenters. The van der Waals surface area contributed by atoms with Gasteiger partial charge in [-0.15, -0.1) is 0 Å². The molecule has 0 saturated carbocycles. The maximum atomic E-state index is 5.61. The van der Waals surface area contributed by atoms with E-state index in [4.69, 9.17) is 4.74 Å². The first-order valence-corrected chi connectivity index (χ1v) is 6.49. The van der Waals surface area contributed by atoms with Crippen molar-refractivity contribution in [3.05, 3.63) is 30.5 Å². The molecule has 2 heterocycles. The van der Waals surface area contributed by atoms with E-state index >= 15 is 0 Å². The molecule has 2 aromatic rings. The van der Waals surface area contributed by atoms with E-state index in [0.29, 0.717) is 12.6 Å². The number of likely N-dealkylation sites (tertiary alicyclic amines) is 1. The molecule has 18 heavy (non-hydrogen) atoms. The van der Waals surface area contributed by atoms with Crippen molar-refractivity contribution in [1.29, 1.82) is 0 Å². The number of benzene rings is 1. The molecule has 0 amide bonds. The second-order valence-corrected chi connectivity index (χ2v) is 4.61. The van der Waals surface area contributed by atoms with E-state index in [2.05, 4.69) is 14.9 Å². The van der Waals surface area contributed by atoms with Gasteiger partial charge >= 0.3 is 6.01 Å². The Bertz CT molecular complexity index is 523. The second-order valence-electron chi connectivity index (χ2n) is 4.61. The minimum atomic E-state index is 0.480. The summed E-state index contributed by atoms with van der Waals surface area (Å²) in [6.07, 6.45) is 4.44. The normalized spacial score (nSPS) is 16.2. The summed E-state index contributed by atoms with van der Waals surface area (Å²) in [5.74, 6) is 0. The van der Waals surface area contributed by atoms with Gasteiger partial charge < -0.3 is 4.74 Å². The monoisotopic (exact) mass is 243 g/mol. The van der Waals surface area contributed by atoms with Crippen LogP contribution in [0.4, 0.5) is 0 Å². The molecule has 0 N–H and O–H groups in total. The maximum Gasteiger partial charge on any atom is 0.316 e. The zero-order chi connectivity index (χ0) is 12.2. The summed E-state index contributed by atoms with van der Waals surface area (Å²) in [5, 5.41) is 1.05. The van der Waals surface area contributed by atoms with Gasteiger partial charge in [0.1, 0.15) is 6.61 Å². The lowest BCUT2D eigenvalue weighted by molar-refractivity contribution is 0.226. The molecule has 4 heteroatoms. The van der Waals surface area contributed by atoms with Crippen molar-refractivity contribution in [2.45, 2.75) is 12.8 Å². The van der Waals surface area contributed by atoms with E-state index in [1.165, 1.54) is 25.9 Å². The molecule has 0 spiro atoms. The number of ether oxygens (including phenoxy) is 1. The average molecular weight is 243 g/mol. The van der Waals surface area contributed by atoms with E-state index in [1.807, 2.05) is 30.5 Å². The van der Waals surface area contributed by atoms with Gasteiger partial charge in [0.25, 0.3) is 0 Å². The van der Waals surface area contributed by atoms with Crippen LogP contribution < -0.4 is 4.74 Å². The van der Waals surface area contributed by atoms with Crippen LogP contribution in [0.15, 0.2) is 30.5 Å². The molecule has 1 aliphatic rings. The third-order valence-electron chi connectivity index (χ3n) is 3.30. The van der Waals surface area contributed by atoms with E-state index in [-0.39, 0.29) is 0 Å². The Balaban J connectivity index is 1.60. The SMILES string of the molecule is c1ccc2nc(OCCN3CCCC3)ncc2c1. The van der Waals surface area contributed by atoms with Gasteiger partial charge in [-0.2, -0.15) is 4.98 Å². The number of para-hydroxylation sites is 1. The summed E-state index contributed by atoms with van der Waals surface area (Å²) in [5.41, 5.74) is 0.934. The zero-order valence-corrected chi connectivity index (χ0v) is 10.4. The topological polar surface area (TPSA) is 38.2 Å². The highest BCUT2D eigenvalue weighted by Crippen LogP contribution is 2.13. The van der Waals surface area contributed by atoms with Crippen LogP contribution in [0.25, 0.3) is 10.9 Å². The van der Waals surface area contributed by atoms with Crippen LogP contribution in [0.2, 0.25) is 0 Å². The fourth-order valence-electron chi connectivity index (χ4n) is 2.30. The number of fused-ring (bicyclic) bond motifs is 1. The van der Waals surface area contributed by atoms with Gasteiger partial charge in [-0.05, 0) is 32.0 Å². The molecular formula is C14H17N3O. The van der Waals surface area contributed by atoms with Crippen molar-refractivity contribution < 1.29 is 4.74 Å². The van der Waals surface area contributed by atoms with Crippen molar-refractivity contribution in [2.24, 2.45) is 0 Å². The standard InChI is InChI=1S/C14H17N3O/c1-2-6-13-12(5-1)11-15-14(16-13)18-10-9-17-7-3-4-8-17/h1-2,5-6,11H,3-4,7-10H2. The Morgan fingerprint density at radius 3 is 2.89 bits per heavy atom. The van der Waals surface area contributed by atoms with E-state index in [1.54, 1.807) is 0 Å². The number of nitrogens with zero attached hydrogens (tertiary/aromatic N) is 3. The Hall–Kier alpha value is -1.68. The molecule has 94 valence electrons. The highest BCUT2D eigenvalue weighted by Gasteiger charge is 2.11. The highest BCUT2D eigenvalue weighted by atomic mass is 16.5. The molecule has 1 aromatic carbocycles. The van der Waals surface area contributed by atoms with E-state index in [0.717, 1.165) is 17.4 Å². The summed E-state index contributed by atoms with van der Waals surface area (Å²) in [6, 6.07) is 8.42. The number of aromatic nitrogens is 2. The van der Waals surface area contributed by atoms with Crippen LogP contribution in [-0.2, 0) is 0 Å². The van der Waals surface area contributed by atoms with E-state index in [9.17, 15) is 0 Å². The molecule has 4 nitrogen and oxygen atoms in total. The summed E-state index contributed by atoms with van der Waals surface area (Å²) in [4.78, 5) is 11.0. The minimum absolute atomic E-state index is 0.480. The lowest BCUT2D eigenvalue weighted by atomic mass is 10.2. The van der Waals surface area contributed by atoms with Crippen LogP contribution in [0.5, 0.6) is 6.01 Å². The summed E-state index contributed by atoms with van der Waals surface area (Å²) < 4.78 is 5.61. The van der Waals surface area contributed by atoms with Gasteiger partial charge in [0.2, 0.25) is 0 Å². The largest absolute Gasteiger partial charge is 0.462 e. The lowest BCUT2D eigenvalue weighted by Crippen LogP contribution is -2.25. The van der Waals surface area contributed by atoms with Crippen LogP contribution >= 0.6 is 0 Å².